The second-order valence-corrected chi connectivity index (χ2v) is 5.43. The van der Waals surface area contributed by atoms with Gasteiger partial charge in [0.05, 0.1) is 0 Å². The zero-order chi connectivity index (χ0) is 14.5. The van der Waals surface area contributed by atoms with Crippen molar-refractivity contribution in [2.45, 2.75) is 51.7 Å². The van der Waals surface area contributed by atoms with E-state index in [0.717, 1.165) is 30.6 Å². The van der Waals surface area contributed by atoms with Crippen molar-refractivity contribution in [1.82, 2.24) is 4.90 Å². The Morgan fingerprint density at radius 3 is 2.65 bits per heavy atom. The Labute approximate surface area is 120 Å². The summed E-state index contributed by atoms with van der Waals surface area (Å²) >= 11 is 0. The molecule has 2 atom stereocenters. The molecule has 1 amide bonds. The number of carbonyl (C=O) groups is 1. The van der Waals surface area contributed by atoms with Crippen LogP contribution in [0.3, 0.4) is 0 Å². The van der Waals surface area contributed by atoms with Gasteiger partial charge in [-0.1, -0.05) is 19.1 Å². The second-order valence-electron chi connectivity index (χ2n) is 5.43. The molecule has 1 heterocycles. The van der Waals surface area contributed by atoms with Crippen molar-refractivity contribution in [2.24, 2.45) is 5.73 Å². The summed E-state index contributed by atoms with van der Waals surface area (Å²) in [4.78, 5) is 14.3. The molecule has 2 rings (SSSR count). The van der Waals surface area contributed by atoms with Crippen molar-refractivity contribution < 1.29 is 9.53 Å². The van der Waals surface area contributed by atoms with E-state index in [0.29, 0.717) is 18.6 Å². The van der Waals surface area contributed by atoms with E-state index in [1.807, 2.05) is 29.2 Å². The highest BCUT2D eigenvalue weighted by atomic mass is 16.5. The molecular weight excluding hydrogens is 252 g/mol. The number of hydrogen-bond donors (Lipinski definition) is 1. The van der Waals surface area contributed by atoms with Gasteiger partial charge in [-0.2, -0.15) is 0 Å². The molecule has 110 valence electrons. The number of benzene rings is 1. The molecule has 1 fully saturated rings. The normalized spacial score (nSPS) is 22.1. The predicted molar refractivity (Wildman–Crippen MR) is 79.4 cm³/mol. The van der Waals surface area contributed by atoms with Crippen LogP contribution in [0.5, 0.6) is 5.75 Å². The molecule has 0 bridgehead atoms. The van der Waals surface area contributed by atoms with Crippen LogP contribution in [-0.2, 0) is 11.3 Å². The Morgan fingerprint density at radius 2 is 2.05 bits per heavy atom. The molecule has 0 saturated carbocycles. The summed E-state index contributed by atoms with van der Waals surface area (Å²) in [6.07, 6.45) is 3.21. The van der Waals surface area contributed by atoms with E-state index in [1.165, 1.54) is 0 Å². The topological polar surface area (TPSA) is 55.6 Å². The third-order valence-corrected chi connectivity index (χ3v) is 4.07. The Balaban J connectivity index is 1.90. The summed E-state index contributed by atoms with van der Waals surface area (Å²) < 4.78 is 5.59. The molecule has 4 heteroatoms. The lowest BCUT2D eigenvalue weighted by atomic mass is 10.1. The fourth-order valence-corrected chi connectivity index (χ4v) is 2.86. The average molecular weight is 276 g/mol. The van der Waals surface area contributed by atoms with Crippen LogP contribution in [0.15, 0.2) is 24.3 Å². The summed E-state index contributed by atoms with van der Waals surface area (Å²) in [5, 5.41) is 0. The van der Waals surface area contributed by atoms with E-state index < -0.39 is 0 Å². The van der Waals surface area contributed by atoms with Gasteiger partial charge in [-0.3, -0.25) is 4.79 Å². The SMILES string of the molecule is CCC1CCC(C)N1C(=O)COc1ccc(CN)cc1. The molecule has 0 aromatic heterocycles. The summed E-state index contributed by atoms with van der Waals surface area (Å²) in [6.45, 7) is 4.88. The number of likely N-dealkylation sites (tertiary alicyclic amines) is 1. The highest BCUT2D eigenvalue weighted by Gasteiger charge is 2.32. The van der Waals surface area contributed by atoms with Crippen molar-refractivity contribution in [1.29, 1.82) is 0 Å². The Bertz CT molecular complexity index is 444. The molecule has 20 heavy (non-hydrogen) atoms. The summed E-state index contributed by atoms with van der Waals surface area (Å²) in [7, 11) is 0. The van der Waals surface area contributed by atoms with Crippen LogP contribution < -0.4 is 10.5 Å². The van der Waals surface area contributed by atoms with E-state index in [1.54, 1.807) is 0 Å². The van der Waals surface area contributed by atoms with Crippen molar-refractivity contribution >= 4 is 5.91 Å². The highest BCUT2D eigenvalue weighted by molar-refractivity contribution is 5.78. The molecule has 1 aromatic rings. The molecule has 0 aliphatic carbocycles. The molecule has 1 aliphatic heterocycles. The molecule has 2 unspecified atom stereocenters. The number of carbonyl (C=O) groups excluding carboxylic acids is 1. The van der Waals surface area contributed by atoms with Gasteiger partial charge < -0.3 is 15.4 Å². The monoisotopic (exact) mass is 276 g/mol. The van der Waals surface area contributed by atoms with E-state index in [4.69, 9.17) is 10.5 Å². The molecule has 1 saturated heterocycles. The summed E-state index contributed by atoms with van der Waals surface area (Å²) in [6, 6.07) is 8.28. The summed E-state index contributed by atoms with van der Waals surface area (Å²) in [5.74, 6) is 0.806. The van der Waals surface area contributed by atoms with Gasteiger partial charge in [-0.15, -0.1) is 0 Å². The maximum atomic E-state index is 12.3. The molecule has 4 nitrogen and oxygen atoms in total. The zero-order valence-corrected chi connectivity index (χ0v) is 12.3. The van der Waals surface area contributed by atoms with Crippen LogP contribution in [0.4, 0.5) is 0 Å². The van der Waals surface area contributed by atoms with E-state index >= 15 is 0 Å². The Morgan fingerprint density at radius 1 is 1.35 bits per heavy atom. The first kappa shape index (κ1) is 14.9. The largest absolute Gasteiger partial charge is 0.484 e. The van der Waals surface area contributed by atoms with Gasteiger partial charge in [0.15, 0.2) is 6.61 Å². The minimum Gasteiger partial charge on any atom is -0.484 e. The quantitative estimate of drug-likeness (QED) is 0.898. The number of amides is 1. The molecule has 0 spiro atoms. The van der Waals surface area contributed by atoms with Crippen LogP contribution in [0, 0.1) is 0 Å². The number of ether oxygens (including phenoxy) is 1. The van der Waals surface area contributed by atoms with E-state index in [-0.39, 0.29) is 12.5 Å². The first-order valence-corrected chi connectivity index (χ1v) is 7.38. The van der Waals surface area contributed by atoms with Gasteiger partial charge in [0, 0.05) is 18.6 Å². The lowest BCUT2D eigenvalue weighted by molar-refractivity contribution is -0.136. The summed E-state index contributed by atoms with van der Waals surface area (Å²) in [5.41, 5.74) is 6.61. The fraction of sp³-hybridized carbons (Fsp3) is 0.562. The maximum absolute atomic E-state index is 12.3. The zero-order valence-electron chi connectivity index (χ0n) is 12.3. The average Bonchev–Trinajstić information content (AvgIpc) is 2.86. The molecule has 1 aliphatic rings. The first-order valence-electron chi connectivity index (χ1n) is 7.38. The van der Waals surface area contributed by atoms with Crippen LogP contribution in [-0.4, -0.2) is 29.5 Å². The Hall–Kier alpha value is -1.55. The van der Waals surface area contributed by atoms with Crippen LogP contribution in [0.1, 0.15) is 38.7 Å². The molecule has 1 aromatic carbocycles. The Kier molecular flexibility index (Phi) is 5.01. The van der Waals surface area contributed by atoms with Gasteiger partial charge in [-0.05, 0) is 43.9 Å². The molecule has 2 N–H and O–H groups in total. The lowest BCUT2D eigenvalue weighted by Crippen LogP contribution is -2.42. The molecule has 0 radical (unpaired) electrons. The number of rotatable bonds is 5. The van der Waals surface area contributed by atoms with Gasteiger partial charge in [0.25, 0.3) is 5.91 Å². The number of nitrogens with zero attached hydrogens (tertiary/aromatic N) is 1. The van der Waals surface area contributed by atoms with Gasteiger partial charge in [0.1, 0.15) is 5.75 Å². The van der Waals surface area contributed by atoms with Crippen molar-refractivity contribution in [2.75, 3.05) is 6.61 Å². The molecular formula is C16H24N2O2. The standard InChI is InChI=1S/C16H24N2O2/c1-3-14-7-4-12(2)18(14)16(19)11-20-15-8-5-13(10-17)6-9-15/h5-6,8-9,12,14H,3-4,7,10-11,17H2,1-2H3. The van der Waals surface area contributed by atoms with E-state index in [9.17, 15) is 4.79 Å². The van der Waals surface area contributed by atoms with E-state index in [2.05, 4.69) is 13.8 Å². The van der Waals surface area contributed by atoms with Crippen LogP contribution in [0.2, 0.25) is 0 Å². The smallest absolute Gasteiger partial charge is 0.260 e. The number of nitrogens with two attached hydrogens (primary N) is 1. The van der Waals surface area contributed by atoms with Crippen LogP contribution in [0.25, 0.3) is 0 Å². The first-order chi connectivity index (χ1) is 9.65. The van der Waals surface area contributed by atoms with Crippen LogP contribution >= 0.6 is 0 Å². The van der Waals surface area contributed by atoms with Crippen molar-refractivity contribution in [3.05, 3.63) is 29.8 Å². The minimum absolute atomic E-state index is 0.0877. The van der Waals surface area contributed by atoms with Gasteiger partial charge in [0.2, 0.25) is 0 Å². The van der Waals surface area contributed by atoms with Crippen molar-refractivity contribution in [3.63, 3.8) is 0 Å². The lowest BCUT2D eigenvalue weighted by Gasteiger charge is -2.27. The third-order valence-electron chi connectivity index (χ3n) is 4.07. The number of hydrogen-bond acceptors (Lipinski definition) is 3. The maximum Gasteiger partial charge on any atom is 0.260 e. The third kappa shape index (κ3) is 3.31. The van der Waals surface area contributed by atoms with Gasteiger partial charge >= 0.3 is 0 Å². The van der Waals surface area contributed by atoms with Crippen molar-refractivity contribution in [3.8, 4) is 5.75 Å². The minimum atomic E-state index is 0.0877. The fourth-order valence-electron chi connectivity index (χ4n) is 2.86. The second kappa shape index (κ2) is 6.75. The predicted octanol–water partition coefficient (Wildman–Crippen LogP) is 2.31. The highest BCUT2D eigenvalue weighted by Crippen LogP contribution is 2.26. The van der Waals surface area contributed by atoms with Gasteiger partial charge in [-0.25, -0.2) is 0 Å².